The van der Waals surface area contributed by atoms with Crippen LogP contribution in [0.1, 0.15) is 16.7 Å². The molecule has 0 saturated heterocycles. The van der Waals surface area contributed by atoms with Crippen LogP contribution in [-0.4, -0.2) is 31.4 Å². The van der Waals surface area contributed by atoms with Crippen molar-refractivity contribution < 1.29 is 4.79 Å². The second-order valence-corrected chi connectivity index (χ2v) is 7.36. The summed E-state index contributed by atoms with van der Waals surface area (Å²) in [5.74, 6) is 0.260. The minimum Gasteiger partial charge on any atom is -0.292 e. The quantitative estimate of drug-likeness (QED) is 0.785. The molecule has 1 aliphatic rings. The molecule has 0 spiro atoms. The van der Waals surface area contributed by atoms with E-state index in [4.69, 9.17) is 0 Å². The van der Waals surface area contributed by atoms with Gasteiger partial charge < -0.3 is 0 Å². The Balaban J connectivity index is 1.54. The van der Waals surface area contributed by atoms with E-state index < -0.39 is 0 Å². The molecular formula is C18H17N5OS. The van der Waals surface area contributed by atoms with Crippen LogP contribution >= 0.6 is 11.8 Å². The molecule has 0 aliphatic carbocycles. The smallest absolute Gasteiger partial charge is 0.254 e. The number of aromatic nitrogens is 4. The molecule has 25 heavy (non-hydrogen) atoms. The second kappa shape index (κ2) is 6.33. The maximum Gasteiger partial charge on any atom is 0.254 e. The summed E-state index contributed by atoms with van der Waals surface area (Å²) in [7, 11) is 0. The van der Waals surface area contributed by atoms with E-state index in [0.717, 1.165) is 17.7 Å². The summed E-state index contributed by atoms with van der Waals surface area (Å²) >= 11 is 1.59. The maximum absolute atomic E-state index is 12.7. The Hall–Kier alpha value is -2.67. The number of nitrogens with one attached hydrogen (secondary N) is 1. The summed E-state index contributed by atoms with van der Waals surface area (Å²) in [6, 6.07) is 14.1. The number of carbonyl (C=O) groups is 1. The van der Waals surface area contributed by atoms with Gasteiger partial charge in [0.1, 0.15) is 0 Å². The van der Waals surface area contributed by atoms with Crippen molar-refractivity contribution in [3.05, 3.63) is 59.2 Å². The molecule has 1 aromatic heterocycles. The summed E-state index contributed by atoms with van der Waals surface area (Å²) in [6.07, 6.45) is 0.722. The number of nitrogens with zero attached hydrogens (tertiary/aromatic N) is 4. The van der Waals surface area contributed by atoms with E-state index in [2.05, 4.69) is 46.0 Å². The molecule has 0 radical (unpaired) electrons. The molecule has 3 aromatic rings. The minimum atomic E-state index is -0.168. The van der Waals surface area contributed by atoms with Gasteiger partial charge in [0, 0.05) is 4.90 Å². The number of hydrogen-bond donors (Lipinski definition) is 1. The number of thioether (sulfide) groups is 1. The molecule has 2 aromatic carbocycles. The number of fused-ring (bicyclic) bond motifs is 1. The van der Waals surface area contributed by atoms with Crippen LogP contribution in [0.3, 0.4) is 0 Å². The number of benzene rings is 2. The predicted molar refractivity (Wildman–Crippen MR) is 97.0 cm³/mol. The van der Waals surface area contributed by atoms with E-state index in [1.165, 1.54) is 16.0 Å². The molecule has 1 N–H and O–H groups in total. The maximum atomic E-state index is 12.7. The Bertz CT molecular complexity index is 952. The number of amides is 1. The zero-order valence-corrected chi connectivity index (χ0v) is 14.7. The van der Waals surface area contributed by atoms with Crippen LogP contribution in [0.2, 0.25) is 0 Å². The molecule has 0 bridgehead atoms. The van der Waals surface area contributed by atoms with Crippen molar-refractivity contribution in [3.8, 4) is 5.69 Å². The van der Waals surface area contributed by atoms with E-state index in [-0.39, 0.29) is 11.2 Å². The first-order chi connectivity index (χ1) is 12.1. The van der Waals surface area contributed by atoms with Gasteiger partial charge >= 0.3 is 0 Å². The van der Waals surface area contributed by atoms with Gasteiger partial charge in [0.15, 0.2) is 0 Å². The molecule has 7 heteroatoms. The van der Waals surface area contributed by atoms with E-state index >= 15 is 0 Å². The van der Waals surface area contributed by atoms with Gasteiger partial charge in [0.2, 0.25) is 5.91 Å². The van der Waals surface area contributed by atoms with Crippen molar-refractivity contribution >= 4 is 23.6 Å². The van der Waals surface area contributed by atoms with E-state index in [0.29, 0.717) is 5.95 Å². The lowest BCUT2D eigenvalue weighted by Crippen LogP contribution is -2.26. The fraction of sp³-hybridized carbons (Fsp3) is 0.222. The van der Waals surface area contributed by atoms with Crippen LogP contribution in [-0.2, 0) is 11.2 Å². The van der Waals surface area contributed by atoms with E-state index in [1.807, 2.05) is 31.2 Å². The van der Waals surface area contributed by atoms with Crippen LogP contribution in [0.4, 0.5) is 5.95 Å². The lowest BCUT2D eigenvalue weighted by molar-refractivity contribution is -0.115. The fourth-order valence-corrected chi connectivity index (χ4v) is 4.12. The van der Waals surface area contributed by atoms with Crippen LogP contribution in [0.15, 0.2) is 47.4 Å². The molecule has 2 heterocycles. The van der Waals surface area contributed by atoms with Gasteiger partial charge in [-0.3, -0.25) is 10.1 Å². The Morgan fingerprint density at radius 1 is 1.24 bits per heavy atom. The normalized spacial score (nSPS) is 15.8. The fourth-order valence-electron chi connectivity index (χ4n) is 2.94. The molecule has 4 rings (SSSR count). The summed E-state index contributed by atoms with van der Waals surface area (Å²) in [6.45, 7) is 4.04. The highest BCUT2D eigenvalue weighted by Crippen LogP contribution is 2.37. The summed E-state index contributed by atoms with van der Waals surface area (Å²) in [5.41, 5.74) is 4.32. The first kappa shape index (κ1) is 15.8. The van der Waals surface area contributed by atoms with Gasteiger partial charge in [-0.15, -0.1) is 11.8 Å². The molecule has 1 atom stereocenters. The van der Waals surface area contributed by atoms with Gasteiger partial charge in [-0.05, 0) is 54.0 Å². The molecule has 126 valence electrons. The highest BCUT2D eigenvalue weighted by Gasteiger charge is 2.29. The monoisotopic (exact) mass is 351 g/mol. The highest BCUT2D eigenvalue weighted by molar-refractivity contribution is 8.01. The highest BCUT2D eigenvalue weighted by atomic mass is 32.2. The molecule has 6 nitrogen and oxygen atoms in total. The van der Waals surface area contributed by atoms with Gasteiger partial charge in [-0.25, -0.2) is 0 Å². The SMILES string of the molecule is Cc1ccc2c(c1)CC(C(=O)Nc1nnnn1-c1ccccc1C)S2. The standard InChI is InChI=1S/C18H17N5OS/c1-11-7-8-15-13(9-11)10-16(25-15)17(24)19-18-20-21-22-23(18)14-6-4-3-5-12(14)2/h3-9,16H,10H2,1-2H3,(H,19,20,22,24). The third kappa shape index (κ3) is 3.02. The van der Waals surface area contributed by atoms with Crippen molar-refractivity contribution in [2.75, 3.05) is 5.32 Å². The van der Waals surface area contributed by atoms with Crippen LogP contribution < -0.4 is 5.32 Å². The number of para-hydroxylation sites is 1. The third-order valence-electron chi connectivity index (χ3n) is 4.23. The van der Waals surface area contributed by atoms with Gasteiger partial charge in [0.25, 0.3) is 5.95 Å². The van der Waals surface area contributed by atoms with Crippen LogP contribution in [0.5, 0.6) is 0 Å². The molecule has 0 saturated carbocycles. The van der Waals surface area contributed by atoms with Crippen LogP contribution in [0.25, 0.3) is 5.69 Å². The van der Waals surface area contributed by atoms with E-state index in [1.54, 1.807) is 16.4 Å². The van der Waals surface area contributed by atoms with Crippen molar-refractivity contribution in [1.82, 2.24) is 20.2 Å². The zero-order chi connectivity index (χ0) is 17.4. The minimum absolute atomic E-state index is 0.0801. The first-order valence-electron chi connectivity index (χ1n) is 8.03. The van der Waals surface area contributed by atoms with Crippen molar-refractivity contribution in [2.24, 2.45) is 0 Å². The summed E-state index contributed by atoms with van der Waals surface area (Å²) in [4.78, 5) is 13.9. The lowest BCUT2D eigenvalue weighted by Gasteiger charge is -2.11. The van der Waals surface area contributed by atoms with Gasteiger partial charge in [-0.2, -0.15) is 4.68 Å². The molecule has 1 aliphatic heterocycles. The van der Waals surface area contributed by atoms with Gasteiger partial charge in [0.05, 0.1) is 10.9 Å². The molecule has 1 amide bonds. The summed E-state index contributed by atoms with van der Waals surface area (Å²) in [5, 5.41) is 14.4. The number of aryl methyl sites for hydroxylation is 2. The van der Waals surface area contributed by atoms with Gasteiger partial charge in [-0.1, -0.05) is 41.0 Å². The van der Waals surface area contributed by atoms with E-state index in [9.17, 15) is 4.79 Å². The lowest BCUT2D eigenvalue weighted by atomic mass is 10.1. The van der Waals surface area contributed by atoms with Crippen LogP contribution in [0, 0.1) is 13.8 Å². The number of tetrazole rings is 1. The Morgan fingerprint density at radius 3 is 2.92 bits per heavy atom. The second-order valence-electron chi connectivity index (χ2n) is 6.11. The predicted octanol–water partition coefficient (Wildman–Crippen LogP) is 2.93. The average Bonchev–Trinajstić information content (AvgIpc) is 3.21. The Morgan fingerprint density at radius 2 is 2.08 bits per heavy atom. The number of hydrogen-bond acceptors (Lipinski definition) is 5. The van der Waals surface area contributed by atoms with Crippen molar-refractivity contribution in [3.63, 3.8) is 0 Å². The number of anilines is 1. The zero-order valence-electron chi connectivity index (χ0n) is 13.9. The third-order valence-corrected chi connectivity index (χ3v) is 5.55. The Labute approximate surface area is 149 Å². The molecule has 0 fully saturated rings. The first-order valence-corrected chi connectivity index (χ1v) is 8.91. The average molecular weight is 351 g/mol. The molecular weight excluding hydrogens is 334 g/mol. The summed E-state index contributed by atoms with van der Waals surface area (Å²) < 4.78 is 1.56. The topological polar surface area (TPSA) is 72.7 Å². The Kier molecular flexibility index (Phi) is 4.01. The number of carbonyl (C=O) groups excluding carboxylic acids is 1. The largest absolute Gasteiger partial charge is 0.292 e. The number of rotatable bonds is 3. The van der Waals surface area contributed by atoms with Crippen molar-refractivity contribution in [1.29, 1.82) is 0 Å². The molecule has 1 unspecified atom stereocenters. The van der Waals surface area contributed by atoms with Crippen molar-refractivity contribution in [2.45, 2.75) is 30.4 Å².